The number of nitrogens with zero attached hydrogens (tertiary/aromatic N) is 1. The molecule has 1 rings (SSSR count). The van der Waals surface area contributed by atoms with E-state index in [9.17, 15) is 0 Å². The van der Waals surface area contributed by atoms with Crippen LogP contribution in [0.25, 0.3) is 6.08 Å². The molecule has 1 aromatic rings. The molecular weight excluding hydrogens is 172 g/mol. The molecule has 0 radical (unpaired) electrons. The van der Waals surface area contributed by atoms with Crippen LogP contribution in [0.15, 0.2) is 23.9 Å². The number of aromatic nitrogens is 1. The van der Waals surface area contributed by atoms with E-state index in [1.807, 2.05) is 19.2 Å². The Hall–Kier alpha value is -1.15. The monoisotopic (exact) mass is 190 g/mol. The van der Waals surface area contributed by atoms with Crippen LogP contribution in [0.4, 0.5) is 0 Å². The molecule has 0 fully saturated rings. The predicted molar refractivity (Wildman–Crippen MR) is 60.8 cm³/mol. The van der Waals surface area contributed by atoms with Crippen LogP contribution in [-0.4, -0.2) is 11.5 Å². The topological polar surface area (TPSA) is 38.9 Å². The molecule has 0 aromatic carbocycles. The normalized spacial score (nSPS) is 12.2. The molecule has 76 valence electrons. The Kier molecular flexibility index (Phi) is 3.84. The molecule has 0 amide bonds. The molecule has 1 aromatic heterocycles. The number of hydrogen-bond acceptors (Lipinski definition) is 2. The van der Waals surface area contributed by atoms with Crippen LogP contribution < -0.4 is 5.73 Å². The minimum atomic E-state index is 0.489. The molecule has 0 aliphatic heterocycles. The van der Waals surface area contributed by atoms with Gasteiger partial charge in [-0.3, -0.25) is 4.98 Å². The highest BCUT2D eigenvalue weighted by molar-refractivity contribution is 5.49. The van der Waals surface area contributed by atoms with Crippen LogP contribution in [0, 0.1) is 12.8 Å². The van der Waals surface area contributed by atoms with Crippen LogP contribution in [-0.2, 0) is 0 Å². The first kappa shape index (κ1) is 10.9. The average molecular weight is 190 g/mol. The minimum Gasteiger partial charge on any atom is -0.327 e. The highest BCUT2D eigenvalue weighted by Crippen LogP contribution is 2.12. The van der Waals surface area contributed by atoms with Crippen LogP contribution in [0.3, 0.4) is 0 Å². The highest BCUT2D eigenvalue weighted by atomic mass is 14.7. The van der Waals surface area contributed by atoms with Gasteiger partial charge in [0.2, 0.25) is 0 Å². The summed E-state index contributed by atoms with van der Waals surface area (Å²) in [6.07, 6.45) is 3.95. The molecule has 0 aliphatic carbocycles. The van der Waals surface area contributed by atoms with Crippen LogP contribution >= 0.6 is 0 Å². The van der Waals surface area contributed by atoms with Crippen LogP contribution in [0.2, 0.25) is 0 Å². The van der Waals surface area contributed by atoms with E-state index in [-0.39, 0.29) is 0 Å². The van der Waals surface area contributed by atoms with Crippen molar-refractivity contribution in [2.24, 2.45) is 11.7 Å². The number of nitrogens with two attached hydrogens (primary N) is 1. The number of aryl methyl sites for hydroxylation is 1. The second-order valence-corrected chi connectivity index (χ2v) is 3.84. The Morgan fingerprint density at radius 1 is 1.50 bits per heavy atom. The summed E-state index contributed by atoms with van der Waals surface area (Å²) in [7, 11) is 0. The lowest BCUT2D eigenvalue weighted by atomic mass is 10.0. The smallest absolute Gasteiger partial charge is 0.0629 e. The summed E-state index contributed by atoms with van der Waals surface area (Å²) in [6, 6.07) is 4.08. The first-order valence-electron chi connectivity index (χ1n) is 4.96. The zero-order valence-corrected chi connectivity index (χ0v) is 9.12. The van der Waals surface area contributed by atoms with Gasteiger partial charge in [0.15, 0.2) is 0 Å². The van der Waals surface area contributed by atoms with Crippen molar-refractivity contribution in [3.8, 4) is 0 Å². The van der Waals surface area contributed by atoms with E-state index in [1.54, 1.807) is 0 Å². The van der Waals surface area contributed by atoms with E-state index in [0.717, 1.165) is 5.69 Å². The molecule has 2 N–H and O–H groups in total. The maximum atomic E-state index is 5.66. The lowest BCUT2D eigenvalue weighted by molar-refractivity contribution is 0.752. The molecular formula is C12H18N2. The summed E-state index contributed by atoms with van der Waals surface area (Å²) < 4.78 is 0. The van der Waals surface area contributed by atoms with Gasteiger partial charge in [0.05, 0.1) is 5.69 Å². The second kappa shape index (κ2) is 4.91. The largest absolute Gasteiger partial charge is 0.327 e. The molecule has 14 heavy (non-hydrogen) atoms. The SMILES string of the molecule is Cc1ccc(/C=C(\CN)C(C)C)nc1. The maximum Gasteiger partial charge on any atom is 0.0629 e. The van der Waals surface area contributed by atoms with Gasteiger partial charge in [0, 0.05) is 12.7 Å². The summed E-state index contributed by atoms with van der Waals surface area (Å²) in [6.45, 7) is 6.93. The zero-order valence-electron chi connectivity index (χ0n) is 9.12. The predicted octanol–water partition coefficient (Wildman–Crippen LogP) is 2.39. The van der Waals surface area contributed by atoms with Crippen LogP contribution in [0.1, 0.15) is 25.1 Å². The van der Waals surface area contributed by atoms with Crippen molar-refractivity contribution in [2.45, 2.75) is 20.8 Å². The number of rotatable bonds is 3. The van der Waals surface area contributed by atoms with Gasteiger partial charge in [-0.05, 0) is 30.5 Å². The molecule has 0 spiro atoms. The van der Waals surface area contributed by atoms with E-state index >= 15 is 0 Å². The van der Waals surface area contributed by atoms with E-state index in [0.29, 0.717) is 12.5 Å². The third kappa shape index (κ3) is 2.96. The van der Waals surface area contributed by atoms with E-state index < -0.39 is 0 Å². The molecule has 0 atom stereocenters. The lowest BCUT2D eigenvalue weighted by Crippen LogP contribution is -2.08. The van der Waals surface area contributed by atoms with Crippen molar-refractivity contribution in [2.75, 3.05) is 6.54 Å². The molecule has 0 unspecified atom stereocenters. The molecule has 0 aliphatic rings. The second-order valence-electron chi connectivity index (χ2n) is 3.84. The van der Waals surface area contributed by atoms with Crippen molar-refractivity contribution in [3.63, 3.8) is 0 Å². The maximum absolute atomic E-state index is 5.66. The Balaban J connectivity index is 2.89. The highest BCUT2D eigenvalue weighted by Gasteiger charge is 2.00. The summed E-state index contributed by atoms with van der Waals surface area (Å²) in [5.41, 5.74) is 9.06. The molecule has 0 saturated carbocycles. The summed E-state index contributed by atoms with van der Waals surface area (Å²) >= 11 is 0. The van der Waals surface area contributed by atoms with Gasteiger partial charge in [0.1, 0.15) is 0 Å². The summed E-state index contributed by atoms with van der Waals surface area (Å²) in [5, 5.41) is 0. The third-order valence-corrected chi connectivity index (χ3v) is 2.24. The Bertz CT molecular complexity index is 310. The molecule has 0 bridgehead atoms. The average Bonchev–Trinajstić information content (AvgIpc) is 2.16. The van der Waals surface area contributed by atoms with E-state index in [4.69, 9.17) is 5.73 Å². The van der Waals surface area contributed by atoms with Gasteiger partial charge in [0.25, 0.3) is 0 Å². The molecule has 2 heteroatoms. The Morgan fingerprint density at radius 3 is 2.64 bits per heavy atom. The Labute approximate surface area is 85.9 Å². The fraction of sp³-hybridized carbons (Fsp3) is 0.417. The number of pyridine rings is 1. The van der Waals surface area contributed by atoms with Crippen molar-refractivity contribution >= 4 is 6.08 Å². The quantitative estimate of drug-likeness (QED) is 0.794. The van der Waals surface area contributed by atoms with Gasteiger partial charge in [-0.2, -0.15) is 0 Å². The van der Waals surface area contributed by atoms with Gasteiger partial charge in [-0.1, -0.05) is 25.5 Å². The lowest BCUT2D eigenvalue weighted by Gasteiger charge is -2.07. The van der Waals surface area contributed by atoms with Crippen molar-refractivity contribution in [3.05, 3.63) is 35.2 Å². The standard InChI is InChI=1S/C12H18N2/c1-9(2)11(7-13)6-12-5-4-10(3)8-14-12/h4-6,8-9H,7,13H2,1-3H3/b11-6+. The number of hydrogen-bond donors (Lipinski definition) is 1. The molecule has 2 nitrogen and oxygen atoms in total. The Morgan fingerprint density at radius 2 is 2.21 bits per heavy atom. The first-order chi connectivity index (χ1) is 6.63. The fourth-order valence-electron chi connectivity index (χ4n) is 1.22. The van der Waals surface area contributed by atoms with Gasteiger partial charge < -0.3 is 5.73 Å². The van der Waals surface area contributed by atoms with Crippen LogP contribution in [0.5, 0.6) is 0 Å². The summed E-state index contributed by atoms with van der Waals surface area (Å²) in [4.78, 5) is 4.32. The fourth-order valence-corrected chi connectivity index (χ4v) is 1.22. The molecule has 0 saturated heterocycles. The van der Waals surface area contributed by atoms with Crippen molar-refractivity contribution < 1.29 is 0 Å². The van der Waals surface area contributed by atoms with E-state index in [1.165, 1.54) is 11.1 Å². The van der Waals surface area contributed by atoms with Gasteiger partial charge >= 0.3 is 0 Å². The minimum absolute atomic E-state index is 0.489. The van der Waals surface area contributed by atoms with E-state index in [2.05, 4.69) is 31.0 Å². The summed E-state index contributed by atoms with van der Waals surface area (Å²) in [5.74, 6) is 0.489. The van der Waals surface area contributed by atoms with Gasteiger partial charge in [-0.15, -0.1) is 0 Å². The zero-order chi connectivity index (χ0) is 10.6. The van der Waals surface area contributed by atoms with Gasteiger partial charge in [-0.25, -0.2) is 0 Å². The first-order valence-corrected chi connectivity index (χ1v) is 4.96. The third-order valence-electron chi connectivity index (χ3n) is 2.24. The van der Waals surface area contributed by atoms with Crippen molar-refractivity contribution in [1.82, 2.24) is 4.98 Å². The van der Waals surface area contributed by atoms with Crippen molar-refractivity contribution in [1.29, 1.82) is 0 Å². The molecule has 1 heterocycles.